The summed E-state index contributed by atoms with van der Waals surface area (Å²) in [5, 5.41) is 4.45. The highest BCUT2D eigenvalue weighted by Crippen LogP contribution is 2.27. The first-order valence-corrected chi connectivity index (χ1v) is 10.5. The molecule has 2 aromatic rings. The maximum atomic E-state index is 12.3. The summed E-state index contributed by atoms with van der Waals surface area (Å²) in [5.41, 5.74) is 2.59. The van der Waals surface area contributed by atoms with Crippen molar-refractivity contribution in [1.82, 2.24) is 9.78 Å². The third-order valence-corrected chi connectivity index (χ3v) is 6.45. The number of nitrogens with zero attached hydrogens (tertiary/aromatic N) is 2. The van der Waals surface area contributed by atoms with Gasteiger partial charge in [-0.1, -0.05) is 0 Å². The molecule has 1 aromatic heterocycles. The average Bonchev–Trinajstić information content (AvgIpc) is 3.12. The van der Waals surface area contributed by atoms with Crippen molar-refractivity contribution < 1.29 is 26.7 Å². The van der Waals surface area contributed by atoms with E-state index in [0.717, 1.165) is 11.3 Å². The number of carbonyl (C=O) groups is 1. The molecule has 1 fully saturated rings. The van der Waals surface area contributed by atoms with Gasteiger partial charge in [0.2, 0.25) is 0 Å². The molecule has 0 N–H and O–H groups in total. The van der Waals surface area contributed by atoms with E-state index in [1.54, 1.807) is 17.7 Å². The Bertz CT molecular complexity index is 1010. The summed E-state index contributed by atoms with van der Waals surface area (Å²) in [6.45, 7) is 0.720. The van der Waals surface area contributed by atoms with E-state index >= 15 is 0 Å². The smallest absolute Gasteiger partial charge is 0.387 e. The predicted molar refractivity (Wildman–Crippen MR) is 100 cm³/mol. The standard InChI is InChI=1S/C19H20F2N2O4S/c1-12-17(13(2)23(22-12)15-9-10-28(25,26)11-15)7-8-18(24)14-3-5-16(6-4-14)27-19(20)21/h3-8,15,19H,9-11H2,1-2H3/b8-7+/t15-/m1/s1. The van der Waals surface area contributed by atoms with Gasteiger partial charge in [-0.15, -0.1) is 0 Å². The van der Waals surface area contributed by atoms with Crippen LogP contribution in [-0.2, 0) is 9.84 Å². The molecular weight excluding hydrogens is 390 g/mol. The number of ether oxygens (including phenoxy) is 1. The first kappa shape index (κ1) is 20.2. The summed E-state index contributed by atoms with van der Waals surface area (Å²) in [6.07, 6.45) is 3.55. The first-order chi connectivity index (χ1) is 13.2. The molecule has 0 unspecified atom stereocenters. The zero-order chi connectivity index (χ0) is 20.5. The second kappa shape index (κ2) is 7.83. The number of hydrogen-bond donors (Lipinski definition) is 0. The van der Waals surface area contributed by atoms with E-state index in [0.29, 0.717) is 17.7 Å². The van der Waals surface area contributed by atoms with Crippen molar-refractivity contribution >= 4 is 21.7 Å². The van der Waals surface area contributed by atoms with Gasteiger partial charge in [0, 0.05) is 16.8 Å². The van der Waals surface area contributed by atoms with E-state index in [-0.39, 0.29) is 29.1 Å². The minimum atomic E-state index is -3.03. The van der Waals surface area contributed by atoms with E-state index in [9.17, 15) is 22.0 Å². The molecule has 0 aliphatic carbocycles. The molecule has 28 heavy (non-hydrogen) atoms. The average molecular weight is 410 g/mol. The fourth-order valence-corrected chi connectivity index (χ4v) is 4.99. The Morgan fingerprint density at radius 2 is 1.96 bits per heavy atom. The van der Waals surface area contributed by atoms with Crippen molar-refractivity contribution in [3.63, 3.8) is 0 Å². The van der Waals surface area contributed by atoms with Crippen LogP contribution in [0, 0.1) is 13.8 Å². The number of benzene rings is 1. The molecule has 150 valence electrons. The maximum absolute atomic E-state index is 12.3. The lowest BCUT2D eigenvalue weighted by Crippen LogP contribution is -2.13. The zero-order valence-corrected chi connectivity index (χ0v) is 16.2. The molecule has 0 amide bonds. The van der Waals surface area contributed by atoms with Crippen molar-refractivity contribution in [2.45, 2.75) is 32.9 Å². The fraction of sp³-hybridized carbons (Fsp3) is 0.368. The Kier molecular flexibility index (Phi) is 5.64. The van der Waals surface area contributed by atoms with E-state index < -0.39 is 16.4 Å². The molecule has 6 nitrogen and oxygen atoms in total. The maximum Gasteiger partial charge on any atom is 0.387 e. The summed E-state index contributed by atoms with van der Waals surface area (Å²) < 4.78 is 53.8. The molecule has 1 saturated heterocycles. The Hall–Kier alpha value is -2.55. The molecule has 0 saturated carbocycles. The van der Waals surface area contributed by atoms with Crippen LogP contribution in [0.1, 0.15) is 39.8 Å². The van der Waals surface area contributed by atoms with Crippen LogP contribution in [0.15, 0.2) is 30.3 Å². The molecular formula is C19H20F2N2O4S. The van der Waals surface area contributed by atoms with Gasteiger partial charge >= 0.3 is 6.61 Å². The predicted octanol–water partition coefficient (Wildman–Crippen LogP) is 3.36. The summed E-state index contributed by atoms with van der Waals surface area (Å²) >= 11 is 0. The van der Waals surface area contributed by atoms with Gasteiger partial charge < -0.3 is 4.74 Å². The van der Waals surface area contributed by atoms with E-state index in [4.69, 9.17) is 0 Å². The monoisotopic (exact) mass is 410 g/mol. The summed E-state index contributed by atoms with van der Waals surface area (Å²) in [5.74, 6) is -0.0803. The van der Waals surface area contributed by atoms with Crippen LogP contribution in [0.5, 0.6) is 5.75 Å². The van der Waals surface area contributed by atoms with Gasteiger partial charge in [-0.2, -0.15) is 13.9 Å². The zero-order valence-electron chi connectivity index (χ0n) is 15.4. The van der Waals surface area contributed by atoms with Gasteiger partial charge in [0.1, 0.15) is 5.75 Å². The van der Waals surface area contributed by atoms with Crippen LogP contribution in [0.2, 0.25) is 0 Å². The molecule has 0 spiro atoms. The van der Waals surface area contributed by atoms with E-state index in [1.165, 1.54) is 30.3 Å². The minimum Gasteiger partial charge on any atom is -0.435 e. The van der Waals surface area contributed by atoms with E-state index in [1.807, 2.05) is 6.92 Å². The quantitative estimate of drug-likeness (QED) is 0.539. The summed E-state index contributed by atoms with van der Waals surface area (Å²) in [7, 11) is -3.03. The summed E-state index contributed by atoms with van der Waals surface area (Å²) in [4.78, 5) is 12.3. The lowest BCUT2D eigenvalue weighted by Gasteiger charge is -2.10. The largest absolute Gasteiger partial charge is 0.435 e. The van der Waals surface area contributed by atoms with Crippen LogP contribution in [0.3, 0.4) is 0 Å². The lowest BCUT2D eigenvalue weighted by atomic mass is 10.1. The van der Waals surface area contributed by atoms with Crippen molar-refractivity contribution in [3.05, 3.63) is 52.9 Å². The molecule has 9 heteroatoms. The van der Waals surface area contributed by atoms with Gasteiger partial charge in [-0.3, -0.25) is 9.48 Å². The van der Waals surface area contributed by atoms with Crippen molar-refractivity contribution in [2.24, 2.45) is 0 Å². The third kappa shape index (κ3) is 4.46. The van der Waals surface area contributed by atoms with Gasteiger partial charge in [-0.05, 0) is 56.7 Å². The van der Waals surface area contributed by atoms with Gasteiger partial charge in [0.15, 0.2) is 15.6 Å². The molecule has 2 heterocycles. The van der Waals surface area contributed by atoms with E-state index in [2.05, 4.69) is 9.84 Å². The first-order valence-electron chi connectivity index (χ1n) is 8.70. The van der Waals surface area contributed by atoms with Crippen LogP contribution in [0.4, 0.5) is 8.78 Å². The normalized spacial score (nSPS) is 18.8. The second-order valence-corrected chi connectivity index (χ2v) is 8.92. The highest BCUT2D eigenvalue weighted by molar-refractivity contribution is 7.91. The highest BCUT2D eigenvalue weighted by atomic mass is 32.2. The van der Waals surface area contributed by atoms with Gasteiger partial charge in [0.05, 0.1) is 23.2 Å². The molecule has 0 bridgehead atoms. The lowest BCUT2D eigenvalue weighted by molar-refractivity contribution is -0.0498. The van der Waals surface area contributed by atoms with Crippen LogP contribution < -0.4 is 4.74 Å². The number of aryl methyl sites for hydroxylation is 1. The number of allylic oxidation sites excluding steroid dienone is 1. The number of aromatic nitrogens is 2. The number of rotatable bonds is 6. The van der Waals surface area contributed by atoms with Crippen LogP contribution in [0.25, 0.3) is 6.08 Å². The number of carbonyl (C=O) groups excluding carboxylic acids is 1. The molecule has 1 aliphatic rings. The Morgan fingerprint density at radius 1 is 1.29 bits per heavy atom. The number of sulfone groups is 1. The minimum absolute atomic E-state index is 0.0185. The molecule has 1 aliphatic heterocycles. The second-order valence-electron chi connectivity index (χ2n) is 6.69. The van der Waals surface area contributed by atoms with Crippen LogP contribution >= 0.6 is 0 Å². The van der Waals surface area contributed by atoms with Crippen molar-refractivity contribution in [1.29, 1.82) is 0 Å². The number of ketones is 1. The summed E-state index contributed by atoms with van der Waals surface area (Å²) in [6, 6.07) is 5.25. The van der Waals surface area contributed by atoms with Gasteiger partial charge in [-0.25, -0.2) is 8.42 Å². The number of hydrogen-bond acceptors (Lipinski definition) is 5. The third-order valence-electron chi connectivity index (χ3n) is 4.70. The van der Waals surface area contributed by atoms with Crippen molar-refractivity contribution in [3.8, 4) is 5.75 Å². The Balaban J connectivity index is 1.76. The molecule has 1 atom stereocenters. The SMILES string of the molecule is Cc1nn([C@@H]2CCS(=O)(=O)C2)c(C)c1/C=C/C(=O)c1ccc(OC(F)F)cc1. The molecule has 3 rings (SSSR count). The molecule has 0 radical (unpaired) electrons. The Labute approximate surface area is 161 Å². The van der Waals surface area contributed by atoms with Crippen molar-refractivity contribution in [2.75, 3.05) is 11.5 Å². The Morgan fingerprint density at radius 3 is 2.54 bits per heavy atom. The fourth-order valence-electron chi connectivity index (χ4n) is 3.30. The van der Waals surface area contributed by atoms with Crippen LogP contribution in [-0.4, -0.2) is 42.1 Å². The number of halogens is 2. The highest BCUT2D eigenvalue weighted by Gasteiger charge is 2.31. The number of alkyl halides is 2. The van der Waals surface area contributed by atoms with Gasteiger partial charge in [0.25, 0.3) is 0 Å². The molecule has 1 aromatic carbocycles. The topological polar surface area (TPSA) is 78.3 Å².